The van der Waals surface area contributed by atoms with Gasteiger partial charge in [-0.2, -0.15) is 16.9 Å². The lowest BCUT2D eigenvalue weighted by molar-refractivity contribution is -0.120. The van der Waals surface area contributed by atoms with E-state index in [-0.39, 0.29) is 11.7 Å². The highest BCUT2D eigenvalue weighted by Crippen LogP contribution is 2.15. The van der Waals surface area contributed by atoms with Crippen molar-refractivity contribution in [3.05, 3.63) is 52.6 Å². The number of hydrogen-bond acceptors (Lipinski definition) is 3. The van der Waals surface area contributed by atoms with Crippen LogP contribution in [-0.4, -0.2) is 28.0 Å². The number of carbonyl (C=O) groups is 1. The van der Waals surface area contributed by atoms with E-state index in [2.05, 4.69) is 10.4 Å². The summed E-state index contributed by atoms with van der Waals surface area (Å²) in [6, 6.07) is 6.77. The zero-order chi connectivity index (χ0) is 16.8. The van der Waals surface area contributed by atoms with Gasteiger partial charge in [-0.3, -0.25) is 9.48 Å². The van der Waals surface area contributed by atoms with Crippen LogP contribution in [0.4, 0.5) is 4.39 Å². The minimum Gasteiger partial charge on any atom is -0.355 e. The van der Waals surface area contributed by atoms with Crippen LogP contribution in [0.5, 0.6) is 0 Å². The van der Waals surface area contributed by atoms with E-state index in [1.54, 1.807) is 28.6 Å². The summed E-state index contributed by atoms with van der Waals surface area (Å²) in [6.07, 6.45) is 0.351. The van der Waals surface area contributed by atoms with Crippen LogP contribution in [0.25, 0.3) is 0 Å². The Hall–Kier alpha value is -1.82. The average Bonchev–Trinajstić information content (AvgIpc) is 2.75. The van der Waals surface area contributed by atoms with E-state index in [9.17, 15) is 9.18 Å². The Balaban J connectivity index is 1.70. The van der Waals surface area contributed by atoms with Crippen molar-refractivity contribution in [2.24, 2.45) is 7.05 Å². The van der Waals surface area contributed by atoms with Gasteiger partial charge < -0.3 is 5.32 Å². The molecule has 0 spiro atoms. The number of aryl methyl sites for hydroxylation is 2. The lowest BCUT2D eigenvalue weighted by Crippen LogP contribution is -2.27. The monoisotopic (exact) mass is 335 g/mol. The maximum absolute atomic E-state index is 13.5. The summed E-state index contributed by atoms with van der Waals surface area (Å²) in [6.45, 7) is 4.46. The summed E-state index contributed by atoms with van der Waals surface area (Å²) in [5, 5.41) is 7.22. The van der Waals surface area contributed by atoms with Gasteiger partial charge in [0, 0.05) is 36.4 Å². The fourth-order valence-electron chi connectivity index (χ4n) is 2.36. The largest absolute Gasteiger partial charge is 0.355 e. The maximum atomic E-state index is 13.5. The molecule has 1 heterocycles. The summed E-state index contributed by atoms with van der Waals surface area (Å²) in [5.41, 5.74) is 3.61. The Morgan fingerprint density at radius 1 is 1.35 bits per heavy atom. The molecule has 0 aliphatic rings. The molecule has 1 amide bonds. The van der Waals surface area contributed by atoms with Gasteiger partial charge in [-0.1, -0.05) is 18.2 Å². The van der Waals surface area contributed by atoms with E-state index >= 15 is 0 Å². The highest BCUT2D eigenvalue weighted by Gasteiger charge is 2.13. The zero-order valence-electron chi connectivity index (χ0n) is 13.7. The number of halogens is 1. The first kappa shape index (κ1) is 17.5. The van der Waals surface area contributed by atoms with Crippen molar-refractivity contribution in [1.82, 2.24) is 15.1 Å². The molecule has 0 bridgehead atoms. The summed E-state index contributed by atoms with van der Waals surface area (Å²) < 4.78 is 15.2. The molecule has 1 N–H and O–H groups in total. The zero-order valence-corrected chi connectivity index (χ0v) is 14.5. The Kier molecular flexibility index (Phi) is 6.21. The van der Waals surface area contributed by atoms with E-state index in [0.717, 1.165) is 22.7 Å². The first-order valence-corrected chi connectivity index (χ1v) is 8.71. The normalized spacial score (nSPS) is 10.8. The number of amides is 1. The van der Waals surface area contributed by atoms with Crippen molar-refractivity contribution in [3.63, 3.8) is 0 Å². The Morgan fingerprint density at radius 2 is 2.09 bits per heavy atom. The fraction of sp³-hybridized carbons (Fsp3) is 0.412. The second kappa shape index (κ2) is 8.15. The van der Waals surface area contributed by atoms with Gasteiger partial charge in [0.05, 0.1) is 12.1 Å². The smallest absolute Gasteiger partial charge is 0.224 e. The lowest BCUT2D eigenvalue weighted by Gasteiger charge is -2.06. The van der Waals surface area contributed by atoms with E-state index in [1.807, 2.05) is 27.0 Å². The van der Waals surface area contributed by atoms with Crippen LogP contribution in [0, 0.1) is 19.7 Å². The Morgan fingerprint density at radius 3 is 2.74 bits per heavy atom. The molecule has 0 unspecified atom stereocenters. The second-order valence-electron chi connectivity index (χ2n) is 5.44. The number of hydrogen-bond donors (Lipinski definition) is 1. The maximum Gasteiger partial charge on any atom is 0.224 e. The summed E-state index contributed by atoms with van der Waals surface area (Å²) >= 11 is 1.61. The molecule has 0 fully saturated rings. The van der Waals surface area contributed by atoms with E-state index in [4.69, 9.17) is 0 Å². The average molecular weight is 335 g/mol. The topological polar surface area (TPSA) is 46.9 Å². The van der Waals surface area contributed by atoms with Crippen LogP contribution < -0.4 is 5.32 Å². The molecule has 1 aromatic heterocycles. The highest BCUT2D eigenvalue weighted by molar-refractivity contribution is 7.98. The minimum absolute atomic E-state index is 0.00399. The fourth-order valence-corrected chi connectivity index (χ4v) is 3.20. The van der Waals surface area contributed by atoms with Gasteiger partial charge in [-0.15, -0.1) is 0 Å². The SMILES string of the molecule is Cc1nn(C)c(C)c1CC(=O)NCCSCc1ccccc1F. The van der Waals surface area contributed by atoms with E-state index < -0.39 is 0 Å². The van der Waals surface area contributed by atoms with Gasteiger partial charge in [-0.05, 0) is 25.5 Å². The molecule has 0 aliphatic carbocycles. The summed E-state index contributed by atoms with van der Waals surface area (Å²) in [5.74, 6) is 1.19. The molecule has 0 radical (unpaired) electrons. The second-order valence-corrected chi connectivity index (χ2v) is 6.55. The molecule has 23 heavy (non-hydrogen) atoms. The van der Waals surface area contributed by atoms with Crippen LogP contribution >= 0.6 is 11.8 Å². The Labute approximate surface area is 140 Å². The first-order valence-electron chi connectivity index (χ1n) is 7.56. The molecule has 2 aromatic rings. The van der Waals surface area contributed by atoms with Gasteiger partial charge >= 0.3 is 0 Å². The third kappa shape index (κ3) is 4.82. The summed E-state index contributed by atoms with van der Waals surface area (Å²) in [7, 11) is 1.88. The predicted octanol–water partition coefficient (Wildman–Crippen LogP) is 2.77. The van der Waals surface area contributed by atoms with Crippen molar-refractivity contribution >= 4 is 17.7 Å². The molecule has 0 saturated carbocycles. The Bertz CT molecular complexity index is 684. The van der Waals surface area contributed by atoms with Crippen LogP contribution in [0.15, 0.2) is 24.3 Å². The van der Waals surface area contributed by atoms with Gasteiger partial charge in [0.25, 0.3) is 0 Å². The van der Waals surface area contributed by atoms with Crippen LogP contribution in [0.3, 0.4) is 0 Å². The van der Waals surface area contributed by atoms with Crippen molar-refractivity contribution < 1.29 is 9.18 Å². The van der Waals surface area contributed by atoms with Gasteiger partial charge in [0.15, 0.2) is 0 Å². The number of carbonyl (C=O) groups excluding carboxylic acids is 1. The number of nitrogens with one attached hydrogen (secondary N) is 1. The molecule has 1 aromatic carbocycles. The molecular weight excluding hydrogens is 313 g/mol. The predicted molar refractivity (Wildman–Crippen MR) is 92.0 cm³/mol. The van der Waals surface area contributed by atoms with E-state index in [1.165, 1.54) is 6.07 Å². The molecule has 4 nitrogen and oxygen atoms in total. The summed E-state index contributed by atoms with van der Waals surface area (Å²) in [4.78, 5) is 12.0. The van der Waals surface area contributed by atoms with Crippen molar-refractivity contribution in [3.8, 4) is 0 Å². The van der Waals surface area contributed by atoms with Crippen molar-refractivity contribution in [2.75, 3.05) is 12.3 Å². The lowest BCUT2D eigenvalue weighted by atomic mass is 10.1. The first-order chi connectivity index (χ1) is 11.0. The quantitative estimate of drug-likeness (QED) is 0.792. The molecule has 2 rings (SSSR count). The number of rotatable bonds is 7. The van der Waals surface area contributed by atoms with Gasteiger partial charge in [0.1, 0.15) is 5.82 Å². The number of thioether (sulfide) groups is 1. The molecular formula is C17H22FN3OS. The van der Waals surface area contributed by atoms with Crippen molar-refractivity contribution in [1.29, 1.82) is 0 Å². The minimum atomic E-state index is -0.174. The molecule has 6 heteroatoms. The van der Waals surface area contributed by atoms with Crippen LogP contribution in [0.1, 0.15) is 22.5 Å². The van der Waals surface area contributed by atoms with Gasteiger partial charge in [-0.25, -0.2) is 4.39 Å². The molecule has 0 atom stereocenters. The van der Waals surface area contributed by atoms with Crippen LogP contribution in [0.2, 0.25) is 0 Å². The third-order valence-corrected chi connectivity index (χ3v) is 4.79. The molecule has 0 saturated heterocycles. The van der Waals surface area contributed by atoms with Crippen LogP contribution in [-0.2, 0) is 24.0 Å². The number of aromatic nitrogens is 2. The van der Waals surface area contributed by atoms with E-state index in [0.29, 0.717) is 24.3 Å². The highest BCUT2D eigenvalue weighted by atomic mass is 32.2. The molecule has 124 valence electrons. The van der Waals surface area contributed by atoms with Gasteiger partial charge in [0.2, 0.25) is 5.91 Å². The molecule has 0 aliphatic heterocycles. The third-order valence-electron chi connectivity index (χ3n) is 3.78. The number of nitrogens with zero attached hydrogens (tertiary/aromatic N) is 2. The standard InChI is InChI=1S/C17H22FN3OS/c1-12-15(13(2)21(3)20-12)10-17(22)19-8-9-23-11-14-6-4-5-7-16(14)18/h4-7H,8-11H2,1-3H3,(H,19,22). The number of benzene rings is 1. The van der Waals surface area contributed by atoms with Crippen molar-refractivity contribution in [2.45, 2.75) is 26.0 Å².